The van der Waals surface area contributed by atoms with Crippen molar-refractivity contribution in [2.75, 3.05) is 13.2 Å². The summed E-state index contributed by atoms with van der Waals surface area (Å²) in [6, 6.07) is 0.237. The van der Waals surface area contributed by atoms with Crippen molar-refractivity contribution in [3.8, 4) is 0 Å². The first-order chi connectivity index (χ1) is 9.84. The molecule has 1 aliphatic heterocycles. The molecule has 1 aromatic heterocycles. The maximum atomic E-state index is 6.11. The molecular weight excluding hydrogens is 254 g/mol. The Bertz CT molecular complexity index is 419. The molecule has 0 aromatic carbocycles. The lowest BCUT2D eigenvalue weighted by Gasteiger charge is -2.29. The molecule has 20 heavy (non-hydrogen) atoms. The molecule has 0 bridgehead atoms. The van der Waals surface area contributed by atoms with Gasteiger partial charge in [0, 0.05) is 6.61 Å². The molecule has 5 heteroatoms. The smallest absolute Gasteiger partial charge is 0.243 e. The second kappa shape index (κ2) is 6.22. The van der Waals surface area contributed by atoms with Gasteiger partial charge in [0.2, 0.25) is 11.7 Å². The highest BCUT2D eigenvalue weighted by atomic mass is 16.5. The van der Waals surface area contributed by atoms with Crippen LogP contribution in [0.1, 0.15) is 76.0 Å². The summed E-state index contributed by atoms with van der Waals surface area (Å²) in [6.45, 7) is 3.79. The fraction of sp³-hybridized carbons (Fsp3) is 0.867. The zero-order chi connectivity index (χ0) is 13.8. The quantitative estimate of drug-likeness (QED) is 0.858. The lowest BCUT2D eigenvalue weighted by Crippen LogP contribution is -2.31. The van der Waals surface area contributed by atoms with Crippen LogP contribution < -0.4 is 5.32 Å². The molecule has 1 atom stereocenters. The summed E-state index contributed by atoms with van der Waals surface area (Å²) >= 11 is 0. The van der Waals surface area contributed by atoms with Crippen LogP contribution in [0.4, 0.5) is 0 Å². The van der Waals surface area contributed by atoms with Crippen molar-refractivity contribution in [1.82, 2.24) is 15.5 Å². The van der Waals surface area contributed by atoms with Gasteiger partial charge in [0.05, 0.1) is 6.04 Å². The minimum atomic E-state index is -0.314. The molecule has 1 aliphatic carbocycles. The molecule has 1 N–H and O–H groups in total. The standard InChI is InChI=1S/C15H25N3O2/c1-2-19-15(9-5-3-4-6-10-15)14-17-13(20-18-14)12-8-7-11-16-12/h12,16H,2-11H2,1H3. The molecular formula is C15H25N3O2. The maximum absolute atomic E-state index is 6.11. The maximum Gasteiger partial charge on any atom is 0.243 e. The van der Waals surface area contributed by atoms with E-state index in [1.165, 1.54) is 32.1 Å². The van der Waals surface area contributed by atoms with Crippen molar-refractivity contribution >= 4 is 0 Å². The van der Waals surface area contributed by atoms with E-state index < -0.39 is 0 Å². The number of ether oxygens (including phenoxy) is 1. The Hall–Kier alpha value is -0.940. The number of hydrogen-bond donors (Lipinski definition) is 1. The molecule has 5 nitrogen and oxygen atoms in total. The number of aromatic nitrogens is 2. The Labute approximate surface area is 120 Å². The lowest BCUT2D eigenvalue weighted by molar-refractivity contribution is -0.0636. The second-order valence-electron chi connectivity index (χ2n) is 5.95. The summed E-state index contributed by atoms with van der Waals surface area (Å²) in [5.74, 6) is 1.51. The Kier molecular flexibility index (Phi) is 4.36. The molecule has 0 amide bonds. The summed E-state index contributed by atoms with van der Waals surface area (Å²) in [7, 11) is 0. The third-order valence-electron chi connectivity index (χ3n) is 4.54. The Balaban J connectivity index is 1.82. The van der Waals surface area contributed by atoms with Crippen LogP contribution in [0.5, 0.6) is 0 Å². The fourth-order valence-electron chi connectivity index (χ4n) is 3.47. The van der Waals surface area contributed by atoms with Gasteiger partial charge in [-0.15, -0.1) is 0 Å². The van der Waals surface area contributed by atoms with Crippen molar-refractivity contribution in [2.45, 2.75) is 69.9 Å². The topological polar surface area (TPSA) is 60.2 Å². The van der Waals surface area contributed by atoms with Crippen LogP contribution >= 0.6 is 0 Å². The van der Waals surface area contributed by atoms with E-state index in [1.54, 1.807) is 0 Å². The molecule has 1 unspecified atom stereocenters. The van der Waals surface area contributed by atoms with E-state index in [2.05, 4.69) is 15.5 Å². The van der Waals surface area contributed by atoms with Gasteiger partial charge < -0.3 is 14.6 Å². The van der Waals surface area contributed by atoms with Crippen LogP contribution in [0, 0.1) is 0 Å². The van der Waals surface area contributed by atoms with Gasteiger partial charge in [-0.05, 0) is 39.2 Å². The first-order valence-electron chi connectivity index (χ1n) is 8.05. The van der Waals surface area contributed by atoms with Crippen molar-refractivity contribution in [2.24, 2.45) is 0 Å². The van der Waals surface area contributed by atoms with Gasteiger partial charge in [0.15, 0.2) is 0 Å². The van der Waals surface area contributed by atoms with E-state index in [-0.39, 0.29) is 11.6 Å². The van der Waals surface area contributed by atoms with E-state index in [4.69, 9.17) is 9.26 Å². The fourth-order valence-corrected chi connectivity index (χ4v) is 3.47. The van der Waals surface area contributed by atoms with E-state index in [0.29, 0.717) is 6.61 Å². The Morgan fingerprint density at radius 2 is 2.05 bits per heavy atom. The van der Waals surface area contributed by atoms with Gasteiger partial charge in [-0.3, -0.25) is 0 Å². The predicted molar refractivity (Wildman–Crippen MR) is 75.3 cm³/mol. The van der Waals surface area contributed by atoms with Crippen molar-refractivity contribution in [1.29, 1.82) is 0 Å². The number of hydrogen-bond acceptors (Lipinski definition) is 5. The SMILES string of the molecule is CCOC1(c2noc(C3CCCN3)n2)CCCCCC1. The average Bonchev–Trinajstić information content (AvgIpc) is 3.09. The van der Waals surface area contributed by atoms with Crippen LogP contribution in [0.15, 0.2) is 4.52 Å². The zero-order valence-corrected chi connectivity index (χ0v) is 12.4. The van der Waals surface area contributed by atoms with Gasteiger partial charge in [0.1, 0.15) is 5.60 Å². The lowest BCUT2D eigenvalue weighted by atomic mass is 9.93. The van der Waals surface area contributed by atoms with Crippen LogP contribution in [0.3, 0.4) is 0 Å². The summed E-state index contributed by atoms with van der Waals surface area (Å²) in [6.07, 6.45) is 9.22. The predicted octanol–water partition coefficient (Wildman–Crippen LogP) is 3.08. The summed E-state index contributed by atoms with van der Waals surface area (Å²) in [5.41, 5.74) is -0.314. The average molecular weight is 279 g/mol. The van der Waals surface area contributed by atoms with Crippen LogP contribution in [-0.2, 0) is 10.3 Å². The first kappa shape index (κ1) is 14.0. The monoisotopic (exact) mass is 279 g/mol. The van der Waals surface area contributed by atoms with E-state index in [9.17, 15) is 0 Å². The largest absolute Gasteiger partial charge is 0.367 e. The van der Waals surface area contributed by atoms with Gasteiger partial charge in [-0.25, -0.2) is 0 Å². The molecule has 2 fully saturated rings. The minimum absolute atomic E-state index is 0.237. The van der Waals surface area contributed by atoms with Crippen molar-refractivity contribution in [3.63, 3.8) is 0 Å². The third kappa shape index (κ3) is 2.74. The number of nitrogens with one attached hydrogen (secondary N) is 1. The van der Waals surface area contributed by atoms with Gasteiger partial charge in [-0.1, -0.05) is 30.8 Å². The molecule has 112 valence electrons. The molecule has 1 aromatic rings. The normalized spacial score (nSPS) is 26.6. The highest BCUT2D eigenvalue weighted by molar-refractivity contribution is 5.05. The Morgan fingerprint density at radius 3 is 2.70 bits per heavy atom. The minimum Gasteiger partial charge on any atom is -0.367 e. The molecule has 2 heterocycles. The molecule has 0 spiro atoms. The highest BCUT2D eigenvalue weighted by Gasteiger charge is 2.39. The third-order valence-corrected chi connectivity index (χ3v) is 4.54. The van der Waals surface area contributed by atoms with E-state index in [0.717, 1.165) is 37.5 Å². The molecule has 0 radical (unpaired) electrons. The first-order valence-corrected chi connectivity index (χ1v) is 8.05. The summed E-state index contributed by atoms with van der Waals surface area (Å²) in [5, 5.41) is 7.67. The van der Waals surface area contributed by atoms with Crippen molar-refractivity contribution < 1.29 is 9.26 Å². The van der Waals surface area contributed by atoms with Gasteiger partial charge in [-0.2, -0.15) is 4.98 Å². The van der Waals surface area contributed by atoms with Gasteiger partial charge in [0.25, 0.3) is 0 Å². The summed E-state index contributed by atoms with van der Waals surface area (Å²) in [4.78, 5) is 4.68. The molecule has 1 saturated heterocycles. The van der Waals surface area contributed by atoms with Crippen LogP contribution in [0.2, 0.25) is 0 Å². The van der Waals surface area contributed by atoms with E-state index >= 15 is 0 Å². The van der Waals surface area contributed by atoms with E-state index in [1.807, 2.05) is 6.92 Å². The second-order valence-corrected chi connectivity index (χ2v) is 5.95. The van der Waals surface area contributed by atoms with Crippen LogP contribution in [0.25, 0.3) is 0 Å². The molecule has 2 aliphatic rings. The summed E-state index contributed by atoms with van der Waals surface area (Å²) < 4.78 is 11.6. The number of nitrogens with zero attached hydrogens (tertiary/aromatic N) is 2. The number of rotatable bonds is 4. The molecule has 3 rings (SSSR count). The van der Waals surface area contributed by atoms with Gasteiger partial charge >= 0.3 is 0 Å². The van der Waals surface area contributed by atoms with Crippen molar-refractivity contribution in [3.05, 3.63) is 11.7 Å². The zero-order valence-electron chi connectivity index (χ0n) is 12.4. The van der Waals surface area contributed by atoms with Crippen LogP contribution in [-0.4, -0.2) is 23.3 Å². The Morgan fingerprint density at radius 1 is 1.25 bits per heavy atom. The highest BCUT2D eigenvalue weighted by Crippen LogP contribution is 2.38. The molecule has 1 saturated carbocycles.